The maximum atomic E-state index is 14.8. The van der Waals surface area contributed by atoms with E-state index in [9.17, 15) is 43.2 Å². The van der Waals surface area contributed by atoms with Crippen molar-refractivity contribution >= 4 is 54.2 Å². The van der Waals surface area contributed by atoms with Gasteiger partial charge >= 0.3 is 36.6 Å². The summed E-state index contributed by atoms with van der Waals surface area (Å²) in [4.78, 5) is 125. The summed E-state index contributed by atoms with van der Waals surface area (Å²) in [5.74, 6) is -2.72. The number of rotatable bonds is 15. The maximum absolute atomic E-state index is 14.8. The topological polar surface area (TPSA) is 288 Å². The Morgan fingerprint density at radius 3 is 0.944 bits per heavy atom. The van der Waals surface area contributed by atoms with Crippen LogP contribution in [0.1, 0.15) is 145 Å². The van der Waals surface area contributed by atoms with Crippen LogP contribution >= 0.6 is 0 Å². The Hall–Kier alpha value is -5.77. The van der Waals surface area contributed by atoms with Crippen molar-refractivity contribution in [2.24, 2.45) is 16.7 Å². The number of fused-ring (bicyclic) bond motifs is 1. The van der Waals surface area contributed by atoms with E-state index in [4.69, 9.17) is 28.4 Å². The molecule has 0 aromatic heterocycles. The van der Waals surface area contributed by atoms with E-state index in [0.717, 1.165) is 0 Å². The molecule has 2 rings (SSSR count). The largest absolute Gasteiger partial charge is 0.444 e. The SMILES string of the molecule is CC(CC12CN(C(=O)C(CNC(=O)OC(C)(C)C)NC(=O)OC(C)(C)C)CC1(C)CN(C(=O)C(CNC(=O)OC(C)(C)C)NC(=O)OC(C)(C)C)C2)C(=O)C(CNC(=O)OC(C)(C)C)NC(=O)OC(C)(C)C. The first kappa shape index (κ1) is 62.3. The van der Waals surface area contributed by atoms with Gasteiger partial charge in [0.1, 0.15) is 51.7 Å². The Bertz CT molecular complexity index is 1900. The summed E-state index contributed by atoms with van der Waals surface area (Å²) in [5, 5.41) is 15.4. The van der Waals surface area contributed by atoms with Crippen molar-refractivity contribution in [2.75, 3.05) is 45.8 Å². The lowest BCUT2D eigenvalue weighted by Crippen LogP contribution is -2.56. The molecule has 2 aliphatic rings. The van der Waals surface area contributed by atoms with Crippen molar-refractivity contribution in [3.8, 4) is 0 Å². The minimum Gasteiger partial charge on any atom is -0.444 e. The third-order valence-electron chi connectivity index (χ3n) is 10.7. The van der Waals surface area contributed by atoms with Gasteiger partial charge in [-0.2, -0.15) is 0 Å². The number of amides is 8. The Morgan fingerprint density at radius 1 is 0.417 bits per heavy atom. The van der Waals surface area contributed by atoms with Gasteiger partial charge in [-0.1, -0.05) is 13.8 Å². The summed E-state index contributed by atoms with van der Waals surface area (Å²) in [7, 11) is 0. The van der Waals surface area contributed by atoms with Crippen molar-refractivity contribution in [3.05, 3.63) is 0 Å². The Labute approximate surface area is 425 Å². The number of Topliss-reactive ketones (excluding diaryl/α,β-unsaturated/α-hetero) is 1. The molecule has 412 valence electrons. The Morgan fingerprint density at radius 2 is 0.667 bits per heavy atom. The zero-order valence-electron chi connectivity index (χ0n) is 46.5. The van der Waals surface area contributed by atoms with Crippen LogP contribution in [0.15, 0.2) is 0 Å². The Balaban J connectivity index is 2.72. The molecule has 2 fully saturated rings. The third-order valence-corrected chi connectivity index (χ3v) is 10.7. The molecular weight excluding hydrogens is 941 g/mol. The fraction of sp³-hybridized carbons (Fsp3) is 0.816. The molecule has 0 aromatic carbocycles. The first-order valence-corrected chi connectivity index (χ1v) is 24.3. The van der Waals surface area contributed by atoms with Gasteiger partial charge in [-0.25, -0.2) is 28.8 Å². The normalized spacial score (nSPS) is 20.0. The summed E-state index contributed by atoms with van der Waals surface area (Å²) in [6, 6.07) is -4.11. The van der Waals surface area contributed by atoms with E-state index >= 15 is 0 Å². The van der Waals surface area contributed by atoms with Crippen LogP contribution in [0.3, 0.4) is 0 Å². The predicted molar refractivity (Wildman–Crippen MR) is 265 cm³/mol. The first-order valence-electron chi connectivity index (χ1n) is 24.3. The molecule has 0 spiro atoms. The van der Waals surface area contributed by atoms with Crippen LogP contribution in [0.2, 0.25) is 0 Å². The minimum absolute atomic E-state index is 0.00450. The molecule has 8 amide bonds. The second-order valence-corrected chi connectivity index (χ2v) is 25.0. The number of nitrogens with zero attached hydrogens (tertiary/aromatic N) is 2. The molecule has 72 heavy (non-hydrogen) atoms. The molecule has 0 bridgehead atoms. The molecule has 23 nitrogen and oxygen atoms in total. The standard InChI is InChI=1S/C49H86N8O15/c1-29(33(58)30(53-39(64)70-45(11,12)13)22-50-36(61)67-42(2,3)4)21-49-27-56(34(59)31(54-40(65)71-46(14,15)16)23-51-37(62)68-43(5,6)7)25-48(49,20)26-57(28-49)35(60)32(55-41(66)72-47(17,18)19)24-52-38(63)69-44(8,9)10/h29-32H,21-28H2,1-20H3,(H,50,61)(H,51,62)(H,52,63)(H,53,64)(H,54,65)(H,55,66). The van der Waals surface area contributed by atoms with Crippen molar-refractivity contribution < 1.29 is 71.6 Å². The lowest BCUT2D eigenvalue weighted by atomic mass is 9.64. The molecule has 2 aliphatic heterocycles. The zero-order chi connectivity index (χ0) is 55.8. The van der Waals surface area contributed by atoms with Gasteiger partial charge in [0.05, 0.1) is 13.1 Å². The average Bonchev–Trinajstić information content (AvgIpc) is 3.57. The summed E-state index contributed by atoms with van der Waals surface area (Å²) >= 11 is 0. The second kappa shape index (κ2) is 23.4. The molecule has 2 heterocycles. The van der Waals surface area contributed by atoms with Crippen LogP contribution in [0.5, 0.6) is 0 Å². The smallest absolute Gasteiger partial charge is 0.408 e. The van der Waals surface area contributed by atoms with Crippen molar-refractivity contribution in [2.45, 2.75) is 197 Å². The number of hydrogen-bond donors (Lipinski definition) is 6. The monoisotopic (exact) mass is 1030 g/mol. The minimum atomic E-state index is -1.38. The van der Waals surface area contributed by atoms with Gasteiger partial charge < -0.3 is 70.1 Å². The fourth-order valence-corrected chi connectivity index (χ4v) is 8.13. The predicted octanol–water partition coefficient (Wildman–Crippen LogP) is 5.51. The molecule has 0 aromatic rings. The number of carbonyl (C=O) groups is 9. The number of alkyl carbamates (subject to hydrolysis) is 6. The summed E-state index contributed by atoms with van der Waals surface area (Å²) in [6.07, 6.45) is -5.34. The van der Waals surface area contributed by atoms with E-state index in [2.05, 4.69) is 31.9 Å². The molecule has 4 unspecified atom stereocenters. The van der Waals surface area contributed by atoms with Crippen molar-refractivity contribution in [1.82, 2.24) is 41.7 Å². The third kappa shape index (κ3) is 21.5. The van der Waals surface area contributed by atoms with Gasteiger partial charge in [0, 0.05) is 49.5 Å². The van der Waals surface area contributed by atoms with Gasteiger partial charge in [0.25, 0.3) is 0 Å². The summed E-state index contributed by atoms with van der Waals surface area (Å²) in [5.41, 5.74) is -7.62. The molecule has 23 heteroatoms. The van der Waals surface area contributed by atoms with Gasteiger partial charge in [-0.05, 0) is 131 Å². The maximum Gasteiger partial charge on any atom is 0.408 e. The lowest BCUT2D eigenvalue weighted by molar-refractivity contribution is -0.134. The number of hydrogen-bond acceptors (Lipinski definition) is 15. The number of nitrogens with one attached hydrogen (secondary N) is 6. The van der Waals surface area contributed by atoms with E-state index in [1.165, 1.54) is 9.80 Å². The second-order valence-electron chi connectivity index (χ2n) is 25.0. The van der Waals surface area contributed by atoms with Crippen LogP contribution in [0.25, 0.3) is 0 Å². The van der Waals surface area contributed by atoms with Crippen LogP contribution in [-0.2, 0) is 42.8 Å². The molecular formula is C49H86N8O15. The first-order chi connectivity index (χ1) is 32.3. The van der Waals surface area contributed by atoms with E-state index < -0.39 is 136 Å². The number of ketones is 1. The Kier molecular flexibility index (Phi) is 20.3. The number of carbonyl (C=O) groups excluding carboxylic acids is 9. The lowest BCUT2D eigenvalue weighted by Gasteiger charge is -2.37. The van der Waals surface area contributed by atoms with Crippen LogP contribution in [0, 0.1) is 16.7 Å². The van der Waals surface area contributed by atoms with E-state index in [1.807, 2.05) is 6.92 Å². The zero-order valence-corrected chi connectivity index (χ0v) is 46.5. The quantitative estimate of drug-likeness (QED) is 0.110. The van der Waals surface area contributed by atoms with Gasteiger partial charge in [-0.3, -0.25) is 14.4 Å². The molecule has 0 saturated carbocycles. The highest BCUT2D eigenvalue weighted by molar-refractivity contribution is 5.91. The fourth-order valence-electron chi connectivity index (χ4n) is 8.13. The van der Waals surface area contributed by atoms with Gasteiger partial charge in [-0.15, -0.1) is 0 Å². The van der Waals surface area contributed by atoms with Crippen LogP contribution in [-0.4, -0.2) is 162 Å². The number of likely N-dealkylation sites (tertiary alicyclic amines) is 2. The molecule has 6 N–H and O–H groups in total. The van der Waals surface area contributed by atoms with Crippen LogP contribution < -0.4 is 31.9 Å². The molecule has 0 radical (unpaired) electrons. The molecule has 2 saturated heterocycles. The summed E-state index contributed by atoms with van der Waals surface area (Å²) in [6.45, 7) is 31.8. The van der Waals surface area contributed by atoms with E-state index in [0.29, 0.717) is 0 Å². The van der Waals surface area contributed by atoms with E-state index in [1.54, 1.807) is 132 Å². The van der Waals surface area contributed by atoms with Crippen molar-refractivity contribution in [3.63, 3.8) is 0 Å². The van der Waals surface area contributed by atoms with Crippen LogP contribution in [0.4, 0.5) is 28.8 Å². The van der Waals surface area contributed by atoms with Gasteiger partial charge in [0.15, 0.2) is 5.78 Å². The highest BCUT2D eigenvalue weighted by atomic mass is 16.6. The van der Waals surface area contributed by atoms with Gasteiger partial charge in [0.2, 0.25) is 11.8 Å². The molecule has 4 atom stereocenters. The van der Waals surface area contributed by atoms with E-state index in [-0.39, 0.29) is 39.1 Å². The van der Waals surface area contributed by atoms with Crippen molar-refractivity contribution in [1.29, 1.82) is 0 Å². The highest BCUT2D eigenvalue weighted by Gasteiger charge is 2.63. The molecule has 0 aliphatic carbocycles. The number of ether oxygens (including phenoxy) is 6. The highest BCUT2D eigenvalue weighted by Crippen LogP contribution is 2.55. The average molecular weight is 1030 g/mol. The summed E-state index contributed by atoms with van der Waals surface area (Å²) < 4.78 is 32.6.